The first-order valence-corrected chi connectivity index (χ1v) is 11.7. The highest BCUT2D eigenvalue weighted by atomic mass is 35.5. The molecule has 3 aromatic rings. The molecule has 0 fully saturated rings. The first-order chi connectivity index (χ1) is 16.0. The third kappa shape index (κ3) is 5.20. The largest absolute Gasteiger partial charge is 0.504 e. The first kappa shape index (κ1) is 22.9. The van der Waals surface area contributed by atoms with Crippen LogP contribution < -0.4 is 21.1 Å². The van der Waals surface area contributed by atoms with Crippen molar-refractivity contribution < 1.29 is 9.84 Å². The molecule has 1 unspecified atom stereocenters. The van der Waals surface area contributed by atoms with Gasteiger partial charge in [0.2, 0.25) is 0 Å². The molecule has 0 saturated carbocycles. The van der Waals surface area contributed by atoms with E-state index in [1.54, 1.807) is 6.07 Å². The number of rotatable bonds is 6. The van der Waals surface area contributed by atoms with Gasteiger partial charge >= 0.3 is 0 Å². The zero-order valence-corrected chi connectivity index (χ0v) is 19.7. The summed E-state index contributed by atoms with van der Waals surface area (Å²) < 4.78 is 5.62. The van der Waals surface area contributed by atoms with E-state index in [1.807, 2.05) is 50.2 Å². The van der Waals surface area contributed by atoms with Crippen molar-refractivity contribution in [2.75, 3.05) is 18.5 Å². The number of halogens is 1. The summed E-state index contributed by atoms with van der Waals surface area (Å²) in [4.78, 5) is 0. The molecule has 1 heterocycles. The second kappa shape index (κ2) is 10.1. The van der Waals surface area contributed by atoms with Gasteiger partial charge in [-0.1, -0.05) is 36.7 Å². The van der Waals surface area contributed by atoms with Crippen molar-refractivity contribution in [3.8, 4) is 22.6 Å². The number of hydrogen-bond acceptors (Lipinski definition) is 5. The van der Waals surface area contributed by atoms with E-state index in [4.69, 9.17) is 22.1 Å². The number of hydrogen-bond donors (Lipinski definition) is 4. The van der Waals surface area contributed by atoms with Crippen molar-refractivity contribution in [2.45, 2.75) is 32.7 Å². The van der Waals surface area contributed by atoms with Crippen LogP contribution in [0.1, 0.15) is 43.9 Å². The molecule has 4 rings (SSSR count). The van der Waals surface area contributed by atoms with Crippen LogP contribution in [0.2, 0.25) is 5.02 Å². The highest BCUT2D eigenvalue weighted by Gasteiger charge is 2.23. The molecule has 0 aromatic heterocycles. The lowest BCUT2D eigenvalue weighted by molar-refractivity contribution is 0.299. The van der Waals surface area contributed by atoms with Crippen LogP contribution in [-0.2, 0) is 0 Å². The molecule has 0 spiro atoms. The van der Waals surface area contributed by atoms with Gasteiger partial charge in [-0.2, -0.15) is 0 Å². The summed E-state index contributed by atoms with van der Waals surface area (Å²) in [7, 11) is 0. The fourth-order valence-corrected chi connectivity index (χ4v) is 4.26. The molecule has 0 bridgehead atoms. The van der Waals surface area contributed by atoms with Gasteiger partial charge < -0.3 is 26.2 Å². The summed E-state index contributed by atoms with van der Waals surface area (Å²) in [5, 5.41) is 18.3. The molecule has 0 aliphatic carbocycles. The van der Waals surface area contributed by atoms with Crippen LogP contribution in [0.4, 0.5) is 5.69 Å². The normalized spacial score (nSPS) is 16.9. The lowest BCUT2D eigenvalue weighted by Crippen LogP contribution is -2.16. The molecule has 5 nitrogen and oxygen atoms in total. The molecule has 5 N–H and O–H groups in total. The smallest absolute Gasteiger partial charge is 0.160 e. The molecule has 172 valence electrons. The number of allylic oxidation sites excluding steroid dienone is 1. The summed E-state index contributed by atoms with van der Waals surface area (Å²) in [5.74, 6) is 0.651. The third-order valence-electron chi connectivity index (χ3n) is 5.76. The van der Waals surface area contributed by atoms with E-state index in [9.17, 15) is 5.11 Å². The van der Waals surface area contributed by atoms with E-state index in [0.717, 1.165) is 58.7 Å². The van der Waals surface area contributed by atoms with Crippen molar-refractivity contribution in [2.24, 2.45) is 5.73 Å². The van der Waals surface area contributed by atoms with E-state index in [0.29, 0.717) is 17.4 Å². The Morgan fingerprint density at radius 1 is 1.12 bits per heavy atom. The lowest BCUT2D eigenvalue weighted by atomic mass is 9.92. The quantitative estimate of drug-likeness (QED) is 0.345. The van der Waals surface area contributed by atoms with Crippen LogP contribution in [0.3, 0.4) is 0 Å². The molecule has 1 atom stereocenters. The van der Waals surface area contributed by atoms with E-state index in [-0.39, 0.29) is 11.8 Å². The minimum absolute atomic E-state index is 0.0752. The minimum Gasteiger partial charge on any atom is -0.504 e. The zero-order valence-electron chi connectivity index (χ0n) is 19.0. The zero-order chi connectivity index (χ0) is 23.4. The SMILES string of the molecule is CCCOc1ccc(-c2ccc3c(c2)C(Nc2ccc(Cl)cc2)CCN/C3=C(/C)N)cc1O. The molecule has 33 heavy (non-hydrogen) atoms. The van der Waals surface area contributed by atoms with Crippen molar-refractivity contribution in [3.63, 3.8) is 0 Å². The van der Waals surface area contributed by atoms with Crippen LogP contribution in [0.5, 0.6) is 11.5 Å². The van der Waals surface area contributed by atoms with Crippen LogP contribution in [-0.4, -0.2) is 18.3 Å². The summed E-state index contributed by atoms with van der Waals surface area (Å²) in [6.07, 6.45) is 1.77. The molecular weight excluding hydrogens is 434 g/mol. The predicted octanol–water partition coefficient (Wildman–Crippen LogP) is 6.30. The Labute approximate surface area is 200 Å². The Bertz CT molecular complexity index is 1150. The third-order valence-corrected chi connectivity index (χ3v) is 6.02. The Hall–Kier alpha value is -3.31. The Kier molecular flexibility index (Phi) is 6.99. The standard InChI is InChI=1S/C27H30ClN3O2/c1-3-14-33-26-11-5-19(16-25(26)32)18-4-10-22-23(15-18)24(12-13-30-27(22)17(2)29)31-21-8-6-20(28)7-9-21/h4-11,15-16,24,30-32H,3,12-14,29H2,1-2H3/b27-17-. The van der Waals surface area contributed by atoms with Gasteiger partial charge in [-0.05, 0) is 78.9 Å². The van der Waals surface area contributed by atoms with Gasteiger partial charge in [-0.3, -0.25) is 0 Å². The highest BCUT2D eigenvalue weighted by Crippen LogP contribution is 2.37. The molecule has 3 aromatic carbocycles. The van der Waals surface area contributed by atoms with Crippen molar-refractivity contribution in [3.05, 3.63) is 82.5 Å². The number of aromatic hydroxyl groups is 1. The van der Waals surface area contributed by atoms with E-state index >= 15 is 0 Å². The second-order valence-electron chi connectivity index (χ2n) is 8.31. The van der Waals surface area contributed by atoms with Gasteiger partial charge in [0.25, 0.3) is 0 Å². The summed E-state index contributed by atoms with van der Waals surface area (Å²) in [5.41, 5.74) is 13.1. The van der Waals surface area contributed by atoms with Crippen molar-refractivity contribution >= 4 is 23.0 Å². The molecule has 1 aliphatic rings. The maximum Gasteiger partial charge on any atom is 0.160 e. The second-order valence-corrected chi connectivity index (χ2v) is 8.75. The van der Waals surface area contributed by atoms with Gasteiger partial charge in [0.15, 0.2) is 11.5 Å². The Balaban J connectivity index is 1.74. The van der Waals surface area contributed by atoms with E-state index in [1.165, 1.54) is 0 Å². The molecular formula is C27H30ClN3O2. The maximum absolute atomic E-state index is 10.5. The minimum atomic E-state index is 0.0752. The molecule has 0 radical (unpaired) electrons. The van der Waals surface area contributed by atoms with Crippen molar-refractivity contribution in [1.82, 2.24) is 5.32 Å². The maximum atomic E-state index is 10.5. The molecule has 6 heteroatoms. The Morgan fingerprint density at radius 2 is 1.85 bits per heavy atom. The summed E-state index contributed by atoms with van der Waals surface area (Å²) in [6.45, 7) is 5.32. The number of nitrogens with one attached hydrogen (secondary N) is 2. The number of anilines is 1. The van der Waals surface area contributed by atoms with Crippen LogP contribution in [0.15, 0.2) is 66.4 Å². The van der Waals surface area contributed by atoms with Gasteiger partial charge in [0.05, 0.1) is 18.3 Å². The Morgan fingerprint density at radius 3 is 2.55 bits per heavy atom. The monoisotopic (exact) mass is 463 g/mol. The fraction of sp³-hybridized carbons (Fsp3) is 0.259. The van der Waals surface area contributed by atoms with Gasteiger partial charge in [-0.15, -0.1) is 0 Å². The van der Waals surface area contributed by atoms with Crippen LogP contribution >= 0.6 is 11.6 Å². The predicted molar refractivity (Wildman–Crippen MR) is 137 cm³/mol. The number of phenolic OH excluding ortho intramolecular Hbond substituents is 1. The molecule has 0 saturated heterocycles. The van der Waals surface area contributed by atoms with Crippen molar-refractivity contribution in [1.29, 1.82) is 0 Å². The number of ether oxygens (including phenoxy) is 1. The van der Waals surface area contributed by atoms with Gasteiger partial charge in [0, 0.05) is 28.5 Å². The average Bonchev–Trinajstić information content (AvgIpc) is 2.99. The summed E-state index contributed by atoms with van der Waals surface area (Å²) in [6, 6.07) is 19.7. The molecule has 0 amide bonds. The van der Waals surface area contributed by atoms with E-state index in [2.05, 4.69) is 28.8 Å². The van der Waals surface area contributed by atoms with Crippen LogP contribution in [0, 0.1) is 0 Å². The molecule has 1 aliphatic heterocycles. The first-order valence-electron chi connectivity index (χ1n) is 11.3. The average molecular weight is 464 g/mol. The number of fused-ring (bicyclic) bond motifs is 1. The number of nitrogens with two attached hydrogens (primary N) is 1. The number of benzene rings is 3. The number of phenols is 1. The van der Waals surface area contributed by atoms with Crippen LogP contribution in [0.25, 0.3) is 16.8 Å². The van der Waals surface area contributed by atoms with Gasteiger partial charge in [0.1, 0.15) is 0 Å². The lowest BCUT2D eigenvalue weighted by Gasteiger charge is -2.22. The highest BCUT2D eigenvalue weighted by molar-refractivity contribution is 6.30. The topological polar surface area (TPSA) is 79.5 Å². The van der Waals surface area contributed by atoms with Gasteiger partial charge in [-0.25, -0.2) is 0 Å². The fourth-order valence-electron chi connectivity index (χ4n) is 4.13. The summed E-state index contributed by atoms with van der Waals surface area (Å²) >= 11 is 6.07. The van der Waals surface area contributed by atoms with E-state index < -0.39 is 0 Å².